The van der Waals surface area contributed by atoms with Crippen molar-refractivity contribution in [3.05, 3.63) is 0 Å². The van der Waals surface area contributed by atoms with Crippen molar-refractivity contribution in [2.75, 3.05) is 0 Å². The molecule has 0 aromatic carbocycles. The normalized spacial score (nSPS) is 16.0. The zero-order valence-electron chi connectivity index (χ0n) is 9.15. The standard InChI is InChI=1S/C10H20FNO/c1-6-10(11,7(2)3)9(13)12-8(4)5/h7-8H,6H2,1-5H3,(H,12,13)/t10-/m0/s1. The molecule has 1 atom stereocenters. The second kappa shape index (κ2) is 4.58. The SMILES string of the molecule is CC[C@@](F)(C(=O)NC(C)C)C(C)C. The Kier molecular flexibility index (Phi) is 4.37. The minimum absolute atomic E-state index is 0.00655. The Labute approximate surface area is 79.9 Å². The summed E-state index contributed by atoms with van der Waals surface area (Å²) in [6, 6.07) is -0.00655. The van der Waals surface area contributed by atoms with Gasteiger partial charge in [0.05, 0.1) is 0 Å². The van der Waals surface area contributed by atoms with E-state index in [2.05, 4.69) is 5.32 Å². The molecule has 1 N–H and O–H groups in total. The lowest BCUT2D eigenvalue weighted by Crippen LogP contribution is -2.48. The van der Waals surface area contributed by atoms with Crippen molar-refractivity contribution in [1.82, 2.24) is 5.32 Å². The average Bonchev–Trinajstić information content (AvgIpc) is 2.01. The Balaban J connectivity index is 4.48. The number of hydrogen-bond donors (Lipinski definition) is 1. The Hall–Kier alpha value is -0.600. The zero-order valence-corrected chi connectivity index (χ0v) is 9.15. The molecule has 0 saturated heterocycles. The van der Waals surface area contributed by atoms with Crippen LogP contribution in [0.4, 0.5) is 4.39 Å². The molecular formula is C10H20FNO. The van der Waals surface area contributed by atoms with Crippen LogP contribution < -0.4 is 5.32 Å². The summed E-state index contributed by atoms with van der Waals surface area (Å²) in [5.74, 6) is -0.767. The molecule has 0 fully saturated rings. The molecule has 0 spiro atoms. The molecule has 3 heteroatoms. The molecule has 0 aromatic heterocycles. The first-order valence-corrected chi connectivity index (χ1v) is 4.84. The monoisotopic (exact) mass is 189 g/mol. The maximum atomic E-state index is 14.0. The highest BCUT2D eigenvalue weighted by Crippen LogP contribution is 2.26. The summed E-state index contributed by atoms with van der Waals surface area (Å²) in [7, 11) is 0. The number of amides is 1. The van der Waals surface area contributed by atoms with E-state index in [-0.39, 0.29) is 18.4 Å². The molecule has 13 heavy (non-hydrogen) atoms. The van der Waals surface area contributed by atoms with Gasteiger partial charge in [0.15, 0.2) is 5.67 Å². The number of rotatable bonds is 4. The number of alkyl halides is 1. The molecule has 78 valence electrons. The van der Waals surface area contributed by atoms with Crippen molar-refractivity contribution in [1.29, 1.82) is 0 Å². The second-order valence-electron chi connectivity index (χ2n) is 4.00. The number of carbonyl (C=O) groups is 1. The molecule has 0 radical (unpaired) electrons. The maximum absolute atomic E-state index is 14.0. The van der Waals surface area contributed by atoms with Crippen molar-refractivity contribution >= 4 is 5.91 Å². The van der Waals surface area contributed by atoms with E-state index in [0.717, 1.165) is 0 Å². The molecule has 0 heterocycles. The first-order valence-electron chi connectivity index (χ1n) is 4.84. The van der Waals surface area contributed by atoms with Crippen LogP contribution in [0.1, 0.15) is 41.0 Å². The molecule has 0 saturated carbocycles. The van der Waals surface area contributed by atoms with Gasteiger partial charge in [-0.25, -0.2) is 4.39 Å². The van der Waals surface area contributed by atoms with Crippen molar-refractivity contribution in [3.63, 3.8) is 0 Å². The molecule has 0 rings (SSSR count). The number of halogens is 1. The van der Waals surface area contributed by atoms with E-state index in [0.29, 0.717) is 0 Å². The van der Waals surface area contributed by atoms with E-state index in [1.165, 1.54) is 0 Å². The van der Waals surface area contributed by atoms with Gasteiger partial charge in [-0.05, 0) is 26.2 Å². The smallest absolute Gasteiger partial charge is 0.258 e. The zero-order chi connectivity index (χ0) is 10.6. The van der Waals surface area contributed by atoms with Crippen LogP contribution in [-0.2, 0) is 4.79 Å². The molecule has 0 aliphatic carbocycles. The van der Waals surface area contributed by atoms with Crippen LogP contribution >= 0.6 is 0 Å². The van der Waals surface area contributed by atoms with Crippen LogP contribution in [0.15, 0.2) is 0 Å². The quantitative estimate of drug-likeness (QED) is 0.722. The minimum Gasteiger partial charge on any atom is -0.351 e. The fourth-order valence-electron chi connectivity index (χ4n) is 1.21. The predicted molar refractivity (Wildman–Crippen MR) is 52.2 cm³/mol. The van der Waals surface area contributed by atoms with E-state index >= 15 is 0 Å². The number of hydrogen-bond acceptors (Lipinski definition) is 1. The largest absolute Gasteiger partial charge is 0.351 e. The lowest BCUT2D eigenvalue weighted by molar-refractivity contribution is -0.136. The van der Waals surface area contributed by atoms with Gasteiger partial charge < -0.3 is 5.32 Å². The highest BCUT2D eigenvalue weighted by Gasteiger charge is 2.39. The van der Waals surface area contributed by atoms with Crippen LogP contribution in [-0.4, -0.2) is 17.6 Å². The highest BCUT2D eigenvalue weighted by molar-refractivity contribution is 5.85. The van der Waals surface area contributed by atoms with Crippen molar-refractivity contribution < 1.29 is 9.18 Å². The lowest BCUT2D eigenvalue weighted by Gasteiger charge is -2.27. The molecule has 2 nitrogen and oxygen atoms in total. The first-order chi connectivity index (χ1) is 5.84. The van der Waals surface area contributed by atoms with E-state index in [9.17, 15) is 9.18 Å². The van der Waals surface area contributed by atoms with Crippen molar-refractivity contribution in [2.24, 2.45) is 5.92 Å². The second-order valence-corrected chi connectivity index (χ2v) is 4.00. The van der Waals surface area contributed by atoms with E-state index in [4.69, 9.17) is 0 Å². The molecule has 0 aliphatic rings. The fraction of sp³-hybridized carbons (Fsp3) is 0.900. The number of nitrogens with one attached hydrogen (secondary N) is 1. The molecule has 1 amide bonds. The van der Waals surface area contributed by atoms with Gasteiger partial charge in [-0.1, -0.05) is 20.8 Å². The summed E-state index contributed by atoms with van der Waals surface area (Å²) < 4.78 is 14.0. The van der Waals surface area contributed by atoms with E-state index in [1.54, 1.807) is 20.8 Å². The van der Waals surface area contributed by atoms with Crippen LogP contribution in [0.25, 0.3) is 0 Å². The van der Waals surface area contributed by atoms with Crippen LogP contribution in [0.2, 0.25) is 0 Å². The lowest BCUT2D eigenvalue weighted by atomic mass is 9.88. The topological polar surface area (TPSA) is 29.1 Å². The predicted octanol–water partition coefficient (Wildman–Crippen LogP) is 2.29. The Morgan fingerprint density at radius 2 is 1.85 bits per heavy atom. The average molecular weight is 189 g/mol. The fourth-order valence-corrected chi connectivity index (χ4v) is 1.21. The Morgan fingerprint density at radius 1 is 1.38 bits per heavy atom. The summed E-state index contributed by atoms with van der Waals surface area (Å²) in [6.07, 6.45) is 0.225. The van der Waals surface area contributed by atoms with Gasteiger partial charge in [0, 0.05) is 6.04 Å². The molecule has 0 aliphatic heterocycles. The van der Waals surface area contributed by atoms with Crippen LogP contribution in [0.3, 0.4) is 0 Å². The summed E-state index contributed by atoms with van der Waals surface area (Å²) in [5, 5.41) is 2.60. The van der Waals surface area contributed by atoms with E-state index < -0.39 is 11.6 Å². The molecular weight excluding hydrogens is 169 g/mol. The van der Waals surface area contributed by atoms with Gasteiger partial charge in [0.2, 0.25) is 0 Å². The first kappa shape index (κ1) is 12.4. The summed E-state index contributed by atoms with van der Waals surface area (Å²) in [4.78, 5) is 11.5. The third-order valence-electron chi connectivity index (χ3n) is 2.23. The third-order valence-corrected chi connectivity index (χ3v) is 2.23. The maximum Gasteiger partial charge on any atom is 0.258 e. The summed E-state index contributed by atoms with van der Waals surface area (Å²) >= 11 is 0. The minimum atomic E-state index is -1.72. The highest BCUT2D eigenvalue weighted by atomic mass is 19.1. The van der Waals surface area contributed by atoms with Gasteiger partial charge in [0.1, 0.15) is 0 Å². The van der Waals surface area contributed by atoms with Crippen molar-refractivity contribution in [3.8, 4) is 0 Å². The molecule has 0 aromatic rings. The molecule has 0 bridgehead atoms. The molecule has 0 unspecified atom stereocenters. The van der Waals surface area contributed by atoms with Gasteiger partial charge in [-0.3, -0.25) is 4.79 Å². The van der Waals surface area contributed by atoms with Crippen LogP contribution in [0, 0.1) is 5.92 Å². The Morgan fingerprint density at radius 3 is 2.08 bits per heavy atom. The summed E-state index contributed by atoms with van der Waals surface area (Å²) in [5.41, 5.74) is -1.72. The number of carbonyl (C=O) groups excluding carboxylic acids is 1. The van der Waals surface area contributed by atoms with E-state index in [1.807, 2.05) is 13.8 Å². The van der Waals surface area contributed by atoms with Crippen molar-refractivity contribution in [2.45, 2.75) is 52.8 Å². The third kappa shape index (κ3) is 2.98. The van der Waals surface area contributed by atoms with Crippen LogP contribution in [0.5, 0.6) is 0 Å². The Bertz CT molecular complexity index is 180. The van der Waals surface area contributed by atoms with Gasteiger partial charge in [-0.2, -0.15) is 0 Å². The summed E-state index contributed by atoms with van der Waals surface area (Å²) in [6.45, 7) is 8.80. The van der Waals surface area contributed by atoms with Gasteiger partial charge in [-0.15, -0.1) is 0 Å². The van der Waals surface area contributed by atoms with Gasteiger partial charge in [0.25, 0.3) is 5.91 Å². The van der Waals surface area contributed by atoms with Gasteiger partial charge >= 0.3 is 0 Å².